The zero-order valence-electron chi connectivity index (χ0n) is 14.0. The molecule has 26 heavy (non-hydrogen) atoms. The number of aryl methyl sites for hydroxylation is 1. The number of nitrogens with two attached hydrogens (primary N) is 1. The van der Waals surface area contributed by atoms with Gasteiger partial charge in [-0.25, -0.2) is 9.59 Å². The van der Waals surface area contributed by atoms with Gasteiger partial charge in [0.15, 0.2) is 11.5 Å². The van der Waals surface area contributed by atoms with Gasteiger partial charge in [-0.1, -0.05) is 29.3 Å². The summed E-state index contributed by atoms with van der Waals surface area (Å²) in [6.07, 6.45) is 0. The first-order valence-electron chi connectivity index (χ1n) is 7.78. The number of benzene rings is 1. The number of rotatable bonds is 3. The predicted molar refractivity (Wildman–Crippen MR) is 96.5 cm³/mol. The monoisotopic (exact) mass is 395 g/mol. The molecule has 6 nitrogen and oxygen atoms in total. The first-order valence-corrected chi connectivity index (χ1v) is 8.53. The standard InChI is InChI=1S/C18H15Cl2NO5/c1-3-24-18(23)14-13(12-9(19)5-4-6-10(12)20)15-11(25-16(14)21)7-8(2)17(22)26-15/h4-7,13H,3,21H2,1-2H3. The molecule has 1 atom stereocenters. The number of fused-ring (bicyclic) bond motifs is 1. The van der Waals surface area contributed by atoms with Crippen molar-refractivity contribution in [3.05, 3.63) is 73.1 Å². The van der Waals surface area contributed by atoms with Crippen LogP contribution in [0.3, 0.4) is 0 Å². The lowest BCUT2D eigenvalue weighted by Gasteiger charge is -2.27. The van der Waals surface area contributed by atoms with Gasteiger partial charge in [-0.15, -0.1) is 0 Å². The van der Waals surface area contributed by atoms with E-state index in [1.165, 1.54) is 6.07 Å². The summed E-state index contributed by atoms with van der Waals surface area (Å²) >= 11 is 12.7. The van der Waals surface area contributed by atoms with Crippen LogP contribution in [-0.4, -0.2) is 12.6 Å². The van der Waals surface area contributed by atoms with E-state index in [-0.39, 0.29) is 39.6 Å². The van der Waals surface area contributed by atoms with Crippen LogP contribution in [-0.2, 0) is 9.53 Å². The van der Waals surface area contributed by atoms with E-state index < -0.39 is 17.5 Å². The second kappa shape index (κ2) is 7.05. The zero-order valence-corrected chi connectivity index (χ0v) is 15.5. The van der Waals surface area contributed by atoms with Gasteiger partial charge < -0.3 is 19.6 Å². The molecule has 0 bridgehead atoms. The minimum absolute atomic E-state index is 0.0265. The van der Waals surface area contributed by atoms with Gasteiger partial charge >= 0.3 is 11.6 Å². The Morgan fingerprint density at radius 2 is 1.96 bits per heavy atom. The number of hydrogen-bond acceptors (Lipinski definition) is 6. The molecule has 3 rings (SSSR count). The summed E-state index contributed by atoms with van der Waals surface area (Å²) in [6.45, 7) is 3.37. The quantitative estimate of drug-likeness (QED) is 0.799. The Morgan fingerprint density at radius 3 is 2.58 bits per heavy atom. The molecule has 8 heteroatoms. The first kappa shape index (κ1) is 18.4. The molecule has 136 valence electrons. The average Bonchev–Trinajstić information content (AvgIpc) is 2.56. The SMILES string of the molecule is CCOC(=O)C1=C(N)Oc2cc(C)c(=O)oc2C1c1c(Cl)cccc1Cl. The van der Waals surface area contributed by atoms with Gasteiger partial charge in [0.1, 0.15) is 5.57 Å². The third kappa shape index (κ3) is 3.06. The van der Waals surface area contributed by atoms with Crippen LogP contribution in [0.15, 0.2) is 44.9 Å². The van der Waals surface area contributed by atoms with Crippen molar-refractivity contribution < 1.29 is 18.7 Å². The third-order valence-electron chi connectivity index (χ3n) is 3.94. The molecule has 1 aliphatic heterocycles. The van der Waals surface area contributed by atoms with Gasteiger partial charge in [0.25, 0.3) is 0 Å². The molecular weight excluding hydrogens is 381 g/mol. The average molecular weight is 396 g/mol. The molecule has 2 N–H and O–H groups in total. The Kier molecular flexibility index (Phi) is 4.98. The van der Waals surface area contributed by atoms with Crippen LogP contribution in [0.4, 0.5) is 0 Å². The molecule has 1 aliphatic rings. The van der Waals surface area contributed by atoms with E-state index in [1.54, 1.807) is 32.0 Å². The topological polar surface area (TPSA) is 91.8 Å². The summed E-state index contributed by atoms with van der Waals surface area (Å²) in [6, 6.07) is 6.39. The van der Waals surface area contributed by atoms with Crippen molar-refractivity contribution in [3.8, 4) is 5.75 Å². The largest absolute Gasteiger partial charge is 0.462 e. The highest BCUT2D eigenvalue weighted by Crippen LogP contribution is 2.46. The summed E-state index contributed by atoms with van der Waals surface area (Å²) in [5.74, 6) is -1.50. The number of hydrogen-bond donors (Lipinski definition) is 1. The summed E-state index contributed by atoms with van der Waals surface area (Å²) < 4.78 is 16.0. The number of halogens is 2. The fourth-order valence-corrected chi connectivity index (χ4v) is 3.39. The van der Waals surface area contributed by atoms with Crippen LogP contribution in [0.1, 0.15) is 29.7 Å². The Morgan fingerprint density at radius 1 is 1.31 bits per heavy atom. The maximum Gasteiger partial charge on any atom is 0.340 e. The van der Waals surface area contributed by atoms with E-state index in [4.69, 9.17) is 42.8 Å². The van der Waals surface area contributed by atoms with Gasteiger partial charge in [-0.05, 0) is 32.0 Å². The summed E-state index contributed by atoms with van der Waals surface area (Å²) in [5, 5.41) is 0.571. The lowest BCUT2D eigenvalue weighted by molar-refractivity contribution is -0.139. The molecule has 0 spiro atoms. The summed E-state index contributed by atoms with van der Waals surface area (Å²) in [5.41, 5.74) is 6.11. The number of carbonyl (C=O) groups excluding carboxylic acids is 1. The van der Waals surface area contributed by atoms with Crippen LogP contribution in [0.25, 0.3) is 0 Å². The molecule has 0 saturated carbocycles. The van der Waals surface area contributed by atoms with Crippen LogP contribution in [0.2, 0.25) is 10.0 Å². The lowest BCUT2D eigenvalue weighted by Crippen LogP contribution is -2.29. The minimum atomic E-state index is -0.938. The summed E-state index contributed by atoms with van der Waals surface area (Å²) in [7, 11) is 0. The van der Waals surface area contributed by atoms with Crippen molar-refractivity contribution in [2.45, 2.75) is 19.8 Å². The molecule has 1 aromatic heterocycles. The van der Waals surface area contributed by atoms with Crippen molar-refractivity contribution in [2.24, 2.45) is 5.73 Å². The van der Waals surface area contributed by atoms with Crippen LogP contribution < -0.4 is 16.1 Å². The lowest BCUT2D eigenvalue weighted by atomic mass is 9.86. The Balaban J connectivity index is 2.33. The number of carbonyl (C=O) groups is 1. The summed E-state index contributed by atoms with van der Waals surface area (Å²) in [4.78, 5) is 24.6. The van der Waals surface area contributed by atoms with Gasteiger partial charge in [0, 0.05) is 21.2 Å². The molecule has 0 saturated heterocycles. The smallest absolute Gasteiger partial charge is 0.340 e. The molecule has 2 heterocycles. The van der Waals surface area contributed by atoms with E-state index in [0.29, 0.717) is 11.1 Å². The third-order valence-corrected chi connectivity index (χ3v) is 4.59. The Labute approximate surface area is 159 Å². The highest BCUT2D eigenvalue weighted by Gasteiger charge is 2.40. The zero-order chi connectivity index (χ0) is 19.0. The van der Waals surface area contributed by atoms with Gasteiger partial charge in [0.2, 0.25) is 5.88 Å². The molecule has 1 unspecified atom stereocenters. The molecule has 0 radical (unpaired) electrons. The van der Waals surface area contributed by atoms with Crippen LogP contribution in [0, 0.1) is 6.92 Å². The van der Waals surface area contributed by atoms with Gasteiger partial charge in [-0.2, -0.15) is 0 Å². The van der Waals surface area contributed by atoms with Crippen LogP contribution >= 0.6 is 23.2 Å². The molecule has 0 fully saturated rings. The van der Waals surface area contributed by atoms with Crippen molar-refractivity contribution in [3.63, 3.8) is 0 Å². The highest BCUT2D eigenvalue weighted by atomic mass is 35.5. The fourth-order valence-electron chi connectivity index (χ4n) is 2.77. The van der Waals surface area contributed by atoms with Crippen molar-refractivity contribution in [1.82, 2.24) is 0 Å². The normalized spacial score (nSPS) is 16.1. The van der Waals surface area contributed by atoms with Crippen molar-refractivity contribution >= 4 is 29.2 Å². The highest BCUT2D eigenvalue weighted by molar-refractivity contribution is 6.36. The molecular formula is C18H15Cl2NO5. The minimum Gasteiger partial charge on any atom is -0.462 e. The van der Waals surface area contributed by atoms with Crippen molar-refractivity contribution in [1.29, 1.82) is 0 Å². The number of ether oxygens (including phenoxy) is 2. The Hall–Kier alpha value is -2.44. The fraction of sp³-hybridized carbons (Fsp3) is 0.222. The van der Waals surface area contributed by atoms with E-state index in [2.05, 4.69) is 0 Å². The Bertz CT molecular complexity index is 960. The molecule has 2 aromatic rings. The van der Waals surface area contributed by atoms with Crippen molar-refractivity contribution in [2.75, 3.05) is 6.61 Å². The molecule has 0 aliphatic carbocycles. The van der Waals surface area contributed by atoms with Crippen LogP contribution in [0.5, 0.6) is 5.75 Å². The number of esters is 1. The van der Waals surface area contributed by atoms with E-state index in [1.807, 2.05) is 0 Å². The second-order valence-corrected chi connectivity index (χ2v) is 6.43. The maximum atomic E-state index is 12.5. The maximum absolute atomic E-state index is 12.5. The van der Waals surface area contributed by atoms with E-state index in [9.17, 15) is 9.59 Å². The second-order valence-electron chi connectivity index (χ2n) is 5.61. The van der Waals surface area contributed by atoms with Gasteiger partial charge in [-0.3, -0.25) is 0 Å². The first-order chi connectivity index (χ1) is 12.3. The predicted octanol–water partition coefficient (Wildman–Crippen LogP) is 3.51. The van der Waals surface area contributed by atoms with E-state index >= 15 is 0 Å². The molecule has 1 aromatic carbocycles. The molecule has 0 amide bonds. The van der Waals surface area contributed by atoms with Gasteiger partial charge in [0.05, 0.1) is 12.5 Å². The van der Waals surface area contributed by atoms with E-state index in [0.717, 1.165) is 0 Å².